The lowest BCUT2D eigenvalue weighted by Gasteiger charge is -2.09. The van der Waals surface area contributed by atoms with Gasteiger partial charge in [-0.1, -0.05) is 6.07 Å². The van der Waals surface area contributed by atoms with E-state index in [1.807, 2.05) is 0 Å². The Labute approximate surface area is 145 Å². The maximum Gasteiger partial charge on any atom is 0.338 e. The van der Waals surface area contributed by atoms with Crippen molar-refractivity contribution in [1.82, 2.24) is 4.57 Å². The van der Waals surface area contributed by atoms with Crippen LogP contribution in [0.1, 0.15) is 38.9 Å². The molecule has 2 aromatic rings. The second kappa shape index (κ2) is 7.65. The van der Waals surface area contributed by atoms with E-state index in [-0.39, 0.29) is 24.5 Å². The Bertz CT molecular complexity index is 823. The Hall–Kier alpha value is -3.09. The Morgan fingerprint density at radius 2 is 2.00 bits per heavy atom. The molecule has 1 amide bonds. The summed E-state index contributed by atoms with van der Waals surface area (Å²) in [6.07, 6.45) is 1.59. The highest BCUT2D eigenvalue weighted by atomic mass is 16.5. The minimum absolute atomic E-state index is 0.0877. The zero-order chi connectivity index (χ0) is 18.6. The molecule has 0 saturated heterocycles. The number of carbonyl (C=O) groups is 3. The molecule has 1 aromatic carbocycles. The van der Waals surface area contributed by atoms with E-state index in [4.69, 9.17) is 4.74 Å². The Morgan fingerprint density at radius 3 is 2.64 bits per heavy atom. The van der Waals surface area contributed by atoms with E-state index in [1.54, 1.807) is 49.9 Å². The van der Waals surface area contributed by atoms with Crippen LogP contribution in [0.5, 0.6) is 0 Å². The topological polar surface area (TPSA) is 97.6 Å². The Morgan fingerprint density at radius 1 is 1.28 bits per heavy atom. The van der Waals surface area contributed by atoms with Gasteiger partial charge in [0, 0.05) is 24.6 Å². The van der Waals surface area contributed by atoms with Gasteiger partial charge in [0.05, 0.1) is 24.2 Å². The van der Waals surface area contributed by atoms with Crippen LogP contribution >= 0.6 is 0 Å². The van der Waals surface area contributed by atoms with Crippen LogP contribution in [0.15, 0.2) is 30.5 Å². The number of amides is 1. The number of nitrogens with one attached hydrogen (secondary N) is 1. The van der Waals surface area contributed by atoms with E-state index < -0.39 is 11.9 Å². The van der Waals surface area contributed by atoms with E-state index in [1.165, 1.54) is 6.07 Å². The van der Waals surface area contributed by atoms with Crippen molar-refractivity contribution in [3.05, 3.63) is 52.8 Å². The predicted octanol–water partition coefficient (Wildman–Crippen LogP) is 2.39. The SMILES string of the molecule is CCOC(=O)c1cccc(NC(=O)Cc2c(C(=O)O)c(C)cn2C)c1. The number of carboxylic acids is 1. The molecule has 0 aliphatic carbocycles. The number of anilines is 1. The summed E-state index contributed by atoms with van der Waals surface area (Å²) < 4.78 is 6.56. The van der Waals surface area contributed by atoms with Gasteiger partial charge in [0.15, 0.2) is 0 Å². The molecule has 0 aliphatic heterocycles. The molecule has 2 rings (SSSR count). The van der Waals surface area contributed by atoms with Crippen LogP contribution < -0.4 is 5.32 Å². The zero-order valence-corrected chi connectivity index (χ0v) is 14.3. The van der Waals surface area contributed by atoms with Gasteiger partial charge in [-0.05, 0) is 37.6 Å². The van der Waals surface area contributed by atoms with Crippen molar-refractivity contribution in [3.63, 3.8) is 0 Å². The fourth-order valence-electron chi connectivity index (χ4n) is 2.64. The molecule has 7 nitrogen and oxygen atoms in total. The molecule has 7 heteroatoms. The van der Waals surface area contributed by atoms with Gasteiger partial charge in [-0.15, -0.1) is 0 Å². The van der Waals surface area contributed by atoms with Crippen LogP contribution in [-0.2, 0) is 23.0 Å². The summed E-state index contributed by atoms with van der Waals surface area (Å²) in [7, 11) is 1.70. The molecule has 0 atom stereocenters. The predicted molar refractivity (Wildman–Crippen MR) is 91.8 cm³/mol. The molecule has 1 aromatic heterocycles. The van der Waals surface area contributed by atoms with Gasteiger partial charge in [-0.25, -0.2) is 9.59 Å². The van der Waals surface area contributed by atoms with Crippen LogP contribution in [-0.4, -0.2) is 34.1 Å². The van der Waals surface area contributed by atoms with Crippen molar-refractivity contribution in [2.75, 3.05) is 11.9 Å². The maximum absolute atomic E-state index is 12.3. The van der Waals surface area contributed by atoms with Gasteiger partial charge in [-0.2, -0.15) is 0 Å². The van der Waals surface area contributed by atoms with Crippen molar-refractivity contribution in [2.24, 2.45) is 7.05 Å². The normalized spacial score (nSPS) is 10.4. The van der Waals surface area contributed by atoms with E-state index in [0.29, 0.717) is 22.5 Å². The molecule has 25 heavy (non-hydrogen) atoms. The average Bonchev–Trinajstić information content (AvgIpc) is 2.81. The molecular weight excluding hydrogens is 324 g/mol. The van der Waals surface area contributed by atoms with Crippen molar-refractivity contribution in [1.29, 1.82) is 0 Å². The third-order valence-corrected chi connectivity index (χ3v) is 3.70. The third kappa shape index (κ3) is 4.26. The van der Waals surface area contributed by atoms with E-state index in [2.05, 4.69) is 5.32 Å². The number of benzene rings is 1. The summed E-state index contributed by atoms with van der Waals surface area (Å²) in [4.78, 5) is 35.4. The van der Waals surface area contributed by atoms with Gasteiger partial charge < -0.3 is 19.7 Å². The maximum atomic E-state index is 12.3. The lowest BCUT2D eigenvalue weighted by atomic mass is 10.1. The van der Waals surface area contributed by atoms with Crippen LogP contribution in [0.4, 0.5) is 5.69 Å². The number of nitrogens with zero attached hydrogens (tertiary/aromatic N) is 1. The monoisotopic (exact) mass is 344 g/mol. The summed E-state index contributed by atoms with van der Waals surface area (Å²) in [6.45, 7) is 3.67. The molecule has 132 valence electrons. The average molecular weight is 344 g/mol. The molecule has 0 saturated carbocycles. The number of aryl methyl sites for hydroxylation is 2. The molecule has 0 unspecified atom stereocenters. The lowest BCUT2D eigenvalue weighted by molar-refractivity contribution is -0.115. The van der Waals surface area contributed by atoms with Gasteiger partial charge in [0.25, 0.3) is 0 Å². The highest BCUT2D eigenvalue weighted by Crippen LogP contribution is 2.18. The number of hydrogen-bond acceptors (Lipinski definition) is 4. The Kier molecular flexibility index (Phi) is 5.59. The second-order valence-corrected chi connectivity index (χ2v) is 5.58. The number of esters is 1. The summed E-state index contributed by atoms with van der Waals surface area (Å²) in [5.41, 5.74) is 1.93. The van der Waals surface area contributed by atoms with E-state index >= 15 is 0 Å². The van der Waals surface area contributed by atoms with Crippen LogP contribution in [0, 0.1) is 6.92 Å². The molecule has 1 heterocycles. The minimum Gasteiger partial charge on any atom is -0.478 e. The van der Waals surface area contributed by atoms with Crippen molar-refractivity contribution in [3.8, 4) is 0 Å². The van der Waals surface area contributed by atoms with Gasteiger partial charge in [-0.3, -0.25) is 4.79 Å². The first-order valence-corrected chi connectivity index (χ1v) is 7.78. The number of aromatic nitrogens is 1. The van der Waals surface area contributed by atoms with E-state index in [0.717, 1.165) is 0 Å². The highest BCUT2D eigenvalue weighted by Gasteiger charge is 2.20. The molecule has 0 fully saturated rings. The smallest absolute Gasteiger partial charge is 0.338 e. The molecule has 0 aliphatic rings. The van der Waals surface area contributed by atoms with E-state index in [9.17, 15) is 19.5 Å². The zero-order valence-electron chi connectivity index (χ0n) is 14.3. The number of carboxylic acid groups (broad SMARTS) is 1. The number of hydrogen-bond donors (Lipinski definition) is 2. The van der Waals surface area contributed by atoms with Crippen LogP contribution in [0.25, 0.3) is 0 Å². The lowest BCUT2D eigenvalue weighted by Crippen LogP contribution is -2.18. The highest BCUT2D eigenvalue weighted by molar-refractivity contribution is 5.97. The van der Waals surface area contributed by atoms with Crippen LogP contribution in [0.2, 0.25) is 0 Å². The standard InChI is InChI=1S/C18H20N2O5/c1-4-25-18(24)12-6-5-7-13(8-12)19-15(21)9-14-16(17(22)23)11(2)10-20(14)3/h5-8,10H,4,9H2,1-3H3,(H,19,21)(H,22,23). The van der Waals surface area contributed by atoms with Crippen LogP contribution in [0.3, 0.4) is 0 Å². The quantitative estimate of drug-likeness (QED) is 0.784. The van der Waals surface area contributed by atoms with Gasteiger partial charge >= 0.3 is 11.9 Å². The fourth-order valence-corrected chi connectivity index (χ4v) is 2.64. The second-order valence-electron chi connectivity index (χ2n) is 5.58. The van der Waals surface area contributed by atoms with Gasteiger partial charge in [0.2, 0.25) is 5.91 Å². The number of aromatic carboxylic acids is 1. The molecule has 2 N–H and O–H groups in total. The molecule has 0 radical (unpaired) electrons. The summed E-state index contributed by atoms with van der Waals surface area (Å²) in [6, 6.07) is 6.40. The summed E-state index contributed by atoms with van der Waals surface area (Å²) in [5.74, 6) is -1.90. The van der Waals surface area contributed by atoms with Gasteiger partial charge in [0.1, 0.15) is 0 Å². The first-order valence-electron chi connectivity index (χ1n) is 7.78. The largest absolute Gasteiger partial charge is 0.478 e. The minimum atomic E-state index is -1.06. The van der Waals surface area contributed by atoms with Crippen molar-refractivity contribution < 1.29 is 24.2 Å². The first kappa shape index (κ1) is 18.3. The van der Waals surface area contributed by atoms with Crippen molar-refractivity contribution in [2.45, 2.75) is 20.3 Å². The fraction of sp³-hybridized carbons (Fsp3) is 0.278. The first-order chi connectivity index (χ1) is 11.8. The number of carbonyl (C=O) groups excluding carboxylic acids is 2. The summed E-state index contributed by atoms with van der Waals surface area (Å²) in [5, 5.41) is 12.0. The number of rotatable bonds is 6. The third-order valence-electron chi connectivity index (χ3n) is 3.70. The molecule has 0 spiro atoms. The number of ether oxygens (including phenoxy) is 1. The van der Waals surface area contributed by atoms with Crippen molar-refractivity contribution >= 4 is 23.5 Å². The summed E-state index contributed by atoms with van der Waals surface area (Å²) >= 11 is 0. The molecular formula is C18H20N2O5. The Balaban J connectivity index is 2.15. The molecule has 0 bridgehead atoms.